The molecule has 7 nitrogen and oxygen atoms in total. The maximum atomic E-state index is 13.1. The van der Waals surface area contributed by atoms with Gasteiger partial charge in [0.25, 0.3) is 0 Å². The zero-order valence-corrected chi connectivity index (χ0v) is 19.9. The third-order valence-corrected chi connectivity index (χ3v) is 5.51. The Labute approximate surface area is 195 Å². The van der Waals surface area contributed by atoms with E-state index in [-0.39, 0.29) is 31.5 Å². The van der Waals surface area contributed by atoms with Crippen LogP contribution < -0.4 is 9.64 Å². The molecule has 0 saturated carbocycles. The van der Waals surface area contributed by atoms with Gasteiger partial charge in [0.15, 0.2) is 12.6 Å². The summed E-state index contributed by atoms with van der Waals surface area (Å²) < 4.78 is 22.2. The van der Waals surface area contributed by atoms with Crippen LogP contribution in [0.25, 0.3) is 11.0 Å². The van der Waals surface area contributed by atoms with Crippen molar-refractivity contribution in [2.45, 2.75) is 20.3 Å². The molecule has 1 heterocycles. The predicted octanol–water partition coefficient (Wildman–Crippen LogP) is 4.99. The molecule has 0 N–H and O–H groups in total. The Hall–Kier alpha value is -2.84. The number of anilines is 1. The third kappa shape index (κ3) is 5.49. The third-order valence-electron chi connectivity index (χ3n) is 4.92. The first kappa shape index (κ1) is 23.8. The first-order valence-electron chi connectivity index (χ1n) is 10.3. The highest BCUT2D eigenvalue weighted by Crippen LogP contribution is 2.34. The molecule has 3 aromatic rings. The van der Waals surface area contributed by atoms with Gasteiger partial charge in [-0.05, 0) is 54.0 Å². The molecule has 0 unspecified atom stereocenters. The molecule has 0 aliphatic heterocycles. The molecule has 0 amide bonds. The molecule has 1 aromatic heterocycles. The average molecular weight is 504 g/mol. The van der Waals surface area contributed by atoms with E-state index in [9.17, 15) is 9.59 Å². The standard InChI is InChI=1S/C24H26BrNO6/c1-4-26(14-21(27)18-11-17-9-10-31-23(17)19(25)12-18)20-8-6-7-16(13-22(28)30-5-2)24(20)32-15-29-3/h6-12H,4-5,13-15H2,1-3H3. The SMILES string of the molecule is CCOC(=O)Cc1cccc(N(CC)CC(=O)c2cc(Br)c3occc3c2)c1OCOC. The normalized spacial score (nSPS) is 10.9. The van der Waals surface area contributed by atoms with Gasteiger partial charge in [0.2, 0.25) is 0 Å². The van der Waals surface area contributed by atoms with Gasteiger partial charge in [-0.25, -0.2) is 0 Å². The minimum absolute atomic E-state index is 0.0163. The van der Waals surface area contributed by atoms with Crippen molar-refractivity contribution in [2.75, 3.05) is 38.5 Å². The maximum Gasteiger partial charge on any atom is 0.310 e. The van der Waals surface area contributed by atoms with Crippen molar-refractivity contribution in [1.29, 1.82) is 0 Å². The van der Waals surface area contributed by atoms with Crippen molar-refractivity contribution in [1.82, 2.24) is 0 Å². The van der Waals surface area contributed by atoms with Gasteiger partial charge in [-0.15, -0.1) is 0 Å². The second-order valence-electron chi connectivity index (χ2n) is 7.03. The molecular weight excluding hydrogens is 478 g/mol. The highest BCUT2D eigenvalue weighted by molar-refractivity contribution is 9.10. The number of para-hydroxylation sites is 1. The highest BCUT2D eigenvalue weighted by atomic mass is 79.9. The van der Waals surface area contributed by atoms with E-state index in [0.29, 0.717) is 41.3 Å². The summed E-state index contributed by atoms with van der Waals surface area (Å²) >= 11 is 3.47. The number of benzene rings is 2. The van der Waals surface area contributed by atoms with Crippen molar-refractivity contribution in [3.05, 3.63) is 58.3 Å². The summed E-state index contributed by atoms with van der Waals surface area (Å²) in [5.41, 5.74) is 2.66. The van der Waals surface area contributed by atoms with Gasteiger partial charge in [0, 0.05) is 30.2 Å². The van der Waals surface area contributed by atoms with Crippen LogP contribution in [-0.4, -0.2) is 45.4 Å². The van der Waals surface area contributed by atoms with Gasteiger partial charge in [-0.1, -0.05) is 12.1 Å². The summed E-state index contributed by atoms with van der Waals surface area (Å²) in [6.45, 7) is 4.74. The monoisotopic (exact) mass is 503 g/mol. The average Bonchev–Trinajstić information content (AvgIpc) is 3.26. The molecule has 0 bridgehead atoms. The number of likely N-dealkylation sites (N-methyl/N-ethyl adjacent to an activating group) is 1. The van der Waals surface area contributed by atoms with Crippen LogP contribution in [0.5, 0.6) is 5.75 Å². The Morgan fingerprint density at radius 2 is 1.97 bits per heavy atom. The number of esters is 1. The second-order valence-corrected chi connectivity index (χ2v) is 7.89. The van der Waals surface area contributed by atoms with Crippen LogP contribution in [0.1, 0.15) is 29.8 Å². The molecule has 8 heteroatoms. The van der Waals surface area contributed by atoms with Crippen molar-refractivity contribution >= 4 is 44.3 Å². The summed E-state index contributed by atoms with van der Waals surface area (Å²) in [7, 11) is 1.53. The summed E-state index contributed by atoms with van der Waals surface area (Å²) in [6.07, 6.45) is 1.66. The molecule has 0 saturated heterocycles. The number of rotatable bonds is 11. The Morgan fingerprint density at radius 1 is 1.16 bits per heavy atom. The van der Waals surface area contributed by atoms with Gasteiger partial charge < -0.3 is 23.5 Å². The number of nitrogens with zero attached hydrogens (tertiary/aromatic N) is 1. The lowest BCUT2D eigenvalue weighted by Crippen LogP contribution is -2.30. The summed E-state index contributed by atoms with van der Waals surface area (Å²) in [6, 6.07) is 10.9. The van der Waals surface area contributed by atoms with Crippen LogP contribution in [0.2, 0.25) is 0 Å². The topological polar surface area (TPSA) is 78.2 Å². The fourth-order valence-corrected chi connectivity index (χ4v) is 4.01. The fourth-order valence-electron chi connectivity index (χ4n) is 3.44. The van der Waals surface area contributed by atoms with E-state index in [4.69, 9.17) is 18.6 Å². The second kappa shape index (κ2) is 11.2. The maximum absolute atomic E-state index is 13.1. The predicted molar refractivity (Wildman–Crippen MR) is 125 cm³/mol. The van der Waals surface area contributed by atoms with E-state index in [1.807, 2.05) is 42.2 Å². The molecule has 170 valence electrons. The number of fused-ring (bicyclic) bond motifs is 1. The minimum atomic E-state index is -0.343. The lowest BCUT2D eigenvalue weighted by atomic mass is 10.1. The van der Waals surface area contributed by atoms with Crippen LogP contribution in [-0.2, 0) is 20.7 Å². The first-order valence-corrected chi connectivity index (χ1v) is 11.1. The number of carbonyl (C=O) groups is 2. The van der Waals surface area contributed by atoms with Gasteiger partial charge in [0.05, 0.1) is 36.0 Å². The molecule has 0 aliphatic rings. The van der Waals surface area contributed by atoms with E-state index in [1.165, 1.54) is 7.11 Å². The van der Waals surface area contributed by atoms with Crippen molar-refractivity contribution < 1.29 is 28.2 Å². The number of halogens is 1. The molecule has 0 radical (unpaired) electrons. The van der Waals surface area contributed by atoms with E-state index in [0.717, 1.165) is 9.86 Å². The fraction of sp³-hybridized carbons (Fsp3) is 0.333. The van der Waals surface area contributed by atoms with Gasteiger partial charge >= 0.3 is 5.97 Å². The first-order chi connectivity index (χ1) is 15.5. The van der Waals surface area contributed by atoms with Crippen molar-refractivity contribution in [2.24, 2.45) is 0 Å². The molecule has 0 fully saturated rings. The molecule has 32 heavy (non-hydrogen) atoms. The molecule has 2 aromatic carbocycles. The van der Waals surface area contributed by atoms with Crippen LogP contribution in [0.4, 0.5) is 5.69 Å². The summed E-state index contributed by atoms with van der Waals surface area (Å²) in [4.78, 5) is 27.1. The van der Waals surface area contributed by atoms with E-state index in [2.05, 4.69) is 15.9 Å². The van der Waals surface area contributed by atoms with E-state index in [1.54, 1.807) is 19.3 Å². The number of ketones is 1. The lowest BCUT2D eigenvalue weighted by Gasteiger charge is -2.26. The molecule has 3 rings (SSSR count). The molecule has 0 atom stereocenters. The van der Waals surface area contributed by atoms with Gasteiger partial charge in [-0.2, -0.15) is 0 Å². The number of Topliss-reactive ketones (excluding diaryl/α,β-unsaturated/α-hetero) is 1. The largest absolute Gasteiger partial charge is 0.466 e. The number of ether oxygens (including phenoxy) is 3. The van der Waals surface area contributed by atoms with Gasteiger partial charge in [0.1, 0.15) is 11.3 Å². The minimum Gasteiger partial charge on any atom is -0.466 e. The smallest absolute Gasteiger partial charge is 0.310 e. The van der Waals surface area contributed by atoms with Crippen LogP contribution in [0, 0.1) is 0 Å². The van der Waals surface area contributed by atoms with Gasteiger partial charge in [-0.3, -0.25) is 9.59 Å². The Morgan fingerprint density at radius 3 is 2.69 bits per heavy atom. The van der Waals surface area contributed by atoms with E-state index < -0.39 is 0 Å². The van der Waals surface area contributed by atoms with E-state index >= 15 is 0 Å². The number of hydrogen-bond donors (Lipinski definition) is 0. The number of methoxy groups -OCH3 is 1. The van der Waals surface area contributed by atoms with Crippen LogP contribution in [0.3, 0.4) is 0 Å². The highest BCUT2D eigenvalue weighted by Gasteiger charge is 2.21. The van der Waals surface area contributed by atoms with Crippen LogP contribution in [0.15, 0.2) is 51.6 Å². The summed E-state index contributed by atoms with van der Waals surface area (Å²) in [5.74, 6) is 0.108. The lowest BCUT2D eigenvalue weighted by molar-refractivity contribution is -0.142. The molecule has 0 spiro atoms. The zero-order valence-electron chi connectivity index (χ0n) is 18.4. The Kier molecular flexibility index (Phi) is 8.30. The van der Waals surface area contributed by atoms with Crippen molar-refractivity contribution in [3.63, 3.8) is 0 Å². The van der Waals surface area contributed by atoms with Crippen molar-refractivity contribution in [3.8, 4) is 5.75 Å². The Balaban J connectivity index is 1.90. The number of hydrogen-bond acceptors (Lipinski definition) is 7. The molecular formula is C24H26BrNO6. The zero-order chi connectivity index (χ0) is 23.1. The Bertz CT molecular complexity index is 1090. The number of furan rings is 1. The quantitative estimate of drug-likeness (QED) is 0.207. The summed E-state index contributed by atoms with van der Waals surface area (Å²) in [5, 5.41) is 0.853. The number of carbonyl (C=O) groups excluding carboxylic acids is 2. The van der Waals surface area contributed by atoms with Crippen LogP contribution >= 0.6 is 15.9 Å². The molecule has 0 aliphatic carbocycles.